The van der Waals surface area contributed by atoms with E-state index in [1.807, 2.05) is 0 Å². The number of carbonyl (C=O) groups excluding carboxylic acids is 1. The van der Waals surface area contributed by atoms with Gasteiger partial charge in [-0.3, -0.25) is 0 Å². The van der Waals surface area contributed by atoms with Gasteiger partial charge in [0.05, 0.1) is 12.1 Å². The fourth-order valence-corrected chi connectivity index (χ4v) is 0.417. The highest BCUT2D eigenvalue weighted by Crippen LogP contribution is 1.77. The Morgan fingerprint density at radius 2 is 2.00 bits per heavy atom. The zero-order valence-electron chi connectivity index (χ0n) is 8.08. The molecular formula is C10H15ClO3. The summed E-state index contributed by atoms with van der Waals surface area (Å²) >= 11 is 5.21. The van der Waals surface area contributed by atoms with Crippen molar-refractivity contribution in [3.05, 3.63) is 38.2 Å². The highest BCUT2D eigenvalue weighted by molar-refractivity contribution is 6.17. The molecule has 80 valence electrons. The molecule has 0 heterocycles. The van der Waals surface area contributed by atoms with Gasteiger partial charge in [0.2, 0.25) is 0 Å². The third kappa shape index (κ3) is 17.0. The van der Waals surface area contributed by atoms with Crippen LogP contribution in [-0.2, 0) is 14.3 Å². The monoisotopic (exact) mass is 218 g/mol. The minimum atomic E-state index is -0.412. The quantitative estimate of drug-likeness (QED) is 0.171. The van der Waals surface area contributed by atoms with Gasteiger partial charge in [-0.1, -0.05) is 25.8 Å². The molecule has 0 rings (SSSR count). The molecule has 0 N–H and O–H groups in total. The van der Waals surface area contributed by atoms with Gasteiger partial charge in [0, 0.05) is 6.08 Å². The fourth-order valence-electron chi connectivity index (χ4n) is 0.328. The summed E-state index contributed by atoms with van der Waals surface area (Å²) in [4.78, 5) is 10.2. The van der Waals surface area contributed by atoms with Crippen LogP contribution in [0.5, 0.6) is 0 Å². The van der Waals surface area contributed by atoms with Crippen molar-refractivity contribution < 1.29 is 14.3 Å². The van der Waals surface area contributed by atoms with Crippen molar-refractivity contribution in [3.8, 4) is 0 Å². The van der Waals surface area contributed by atoms with Gasteiger partial charge in [-0.2, -0.15) is 0 Å². The van der Waals surface area contributed by atoms with Crippen LogP contribution in [-0.4, -0.2) is 25.1 Å². The smallest absolute Gasteiger partial charge is 0.330 e. The number of ether oxygens (including phenoxy) is 2. The molecule has 14 heavy (non-hydrogen) atoms. The molecule has 3 nitrogen and oxygen atoms in total. The summed E-state index contributed by atoms with van der Waals surface area (Å²) in [6, 6.07) is 0. The molecule has 0 aliphatic rings. The predicted molar refractivity (Wildman–Crippen MR) is 58.2 cm³/mol. The highest BCUT2D eigenvalue weighted by atomic mass is 35.5. The number of rotatable bonds is 6. The first-order chi connectivity index (χ1) is 6.72. The van der Waals surface area contributed by atoms with Crippen LogP contribution < -0.4 is 0 Å². The van der Waals surface area contributed by atoms with Crippen LogP contribution in [0.2, 0.25) is 0 Å². The molecule has 0 unspecified atom stereocenters. The Kier molecular flexibility index (Phi) is 15.6. The van der Waals surface area contributed by atoms with Gasteiger partial charge in [0.1, 0.15) is 13.2 Å². The maximum atomic E-state index is 10.2. The molecule has 0 atom stereocenters. The molecule has 0 aliphatic carbocycles. The topological polar surface area (TPSA) is 35.5 Å². The average molecular weight is 219 g/mol. The summed E-state index contributed by atoms with van der Waals surface area (Å²) in [6.07, 6.45) is 3.99. The van der Waals surface area contributed by atoms with E-state index < -0.39 is 5.97 Å². The molecule has 0 fully saturated rings. The first-order valence-corrected chi connectivity index (χ1v) is 4.44. The van der Waals surface area contributed by atoms with Gasteiger partial charge in [-0.25, -0.2) is 4.79 Å². The van der Waals surface area contributed by atoms with Gasteiger partial charge < -0.3 is 9.47 Å². The third-order valence-corrected chi connectivity index (χ3v) is 0.977. The second-order valence-electron chi connectivity index (χ2n) is 1.85. The minimum Gasteiger partial charge on any atom is -0.501 e. The lowest BCUT2D eigenvalue weighted by Crippen LogP contribution is -1.98. The number of carbonyl (C=O) groups is 1. The molecule has 0 aromatic rings. The summed E-state index contributed by atoms with van der Waals surface area (Å²) in [5.74, 6) is 0.122. The van der Waals surface area contributed by atoms with Crippen molar-refractivity contribution in [1.29, 1.82) is 0 Å². The second-order valence-corrected chi connectivity index (χ2v) is 2.23. The molecular weight excluding hydrogens is 204 g/mol. The Balaban J connectivity index is 0. The summed E-state index contributed by atoms with van der Waals surface area (Å²) in [6.45, 7) is 10.7. The van der Waals surface area contributed by atoms with Gasteiger partial charge in [0.15, 0.2) is 0 Å². The first-order valence-electron chi connectivity index (χ1n) is 3.91. The molecule has 0 saturated heterocycles. The number of alkyl halides is 1. The van der Waals surface area contributed by atoms with Crippen LogP contribution in [0.4, 0.5) is 0 Å². The Hall–Kier alpha value is -1.22. The van der Waals surface area contributed by atoms with E-state index in [0.717, 1.165) is 6.08 Å². The van der Waals surface area contributed by atoms with E-state index in [1.54, 1.807) is 0 Å². The Morgan fingerprint density at radius 1 is 1.36 bits per heavy atom. The number of halogens is 1. The van der Waals surface area contributed by atoms with Crippen molar-refractivity contribution in [2.24, 2.45) is 0 Å². The van der Waals surface area contributed by atoms with Gasteiger partial charge >= 0.3 is 5.97 Å². The minimum absolute atomic E-state index is 0.255. The molecule has 0 aromatic carbocycles. The molecule has 0 radical (unpaired) electrons. The second kappa shape index (κ2) is 14.3. The van der Waals surface area contributed by atoms with Gasteiger partial charge in [-0.05, 0) is 0 Å². The van der Waals surface area contributed by atoms with Crippen molar-refractivity contribution in [1.82, 2.24) is 0 Å². The molecule has 0 saturated carbocycles. The standard InChI is InChI=1S/C6H8O2.C4H7ClO/c1-3-5-8-6(7)4-2;1-2-6-4-3-5/h3-4H,1-2,5H2;2H,1,3-4H2. The zero-order chi connectivity index (χ0) is 11.2. The van der Waals surface area contributed by atoms with E-state index >= 15 is 0 Å². The lowest BCUT2D eigenvalue weighted by atomic mass is 10.6. The molecule has 0 aromatic heterocycles. The normalized spacial score (nSPS) is 7.50. The Labute approximate surface area is 89.7 Å². The summed E-state index contributed by atoms with van der Waals surface area (Å²) < 4.78 is 9.08. The SMILES string of the molecule is C=CCOC(=O)C=C.C=COCCCl. The number of esters is 1. The lowest BCUT2D eigenvalue weighted by Gasteiger charge is -1.92. The van der Waals surface area contributed by atoms with Crippen molar-refractivity contribution in [2.75, 3.05) is 19.1 Å². The van der Waals surface area contributed by atoms with Crippen molar-refractivity contribution >= 4 is 17.6 Å². The predicted octanol–water partition coefficient (Wildman–Crippen LogP) is 2.29. The summed E-state index contributed by atoms with van der Waals surface area (Å²) in [5.41, 5.74) is 0. The molecule has 0 amide bonds. The largest absolute Gasteiger partial charge is 0.501 e. The van der Waals surface area contributed by atoms with E-state index in [1.165, 1.54) is 12.3 Å². The molecule has 4 heteroatoms. The van der Waals surface area contributed by atoms with Crippen molar-refractivity contribution in [3.63, 3.8) is 0 Å². The maximum Gasteiger partial charge on any atom is 0.330 e. The van der Waals surface area contributed by atoms with E-state index in [2.05, 4.69) is 29.2 Å². The number of hydrogen-bond acceptors (Lipinski definition) is 3. The lowest BCUT2D eigenvalue weighted by molar-refractivity contribution is -0.136. The molecule has 0 aliphatic heterocycles. The number of hydrogen-bond donors (Lipinski definition) is 0. The van der Waals surface area contributed by atoms with Gasteiger partial charge in [-0.15, -0.1) is 11.6 Å². The van der Waals surface area contributed by atoms with Crippen LogP contribution in [0.1, 0.15) is 0 Å². The zero-order valence-corrected chi connectivity index (χ0v) is 8.83. The van der Waals surface area contributed by atoms with Crippen LogP contribution in [0.3, 0.4) is 0 Å². The fraction of sp³-hybridized carbons (Fsp3) is 0.300. The van der Waals surface area contributed by atoms with E-state index in [-0.39, 0.29) is 6.61 Å². The van der Waals surface area contributed by atoms with Gasteiger partial charge in [0.25, 0.3) is 0 Å². The molecule has 0 spiro atoms. The Bertz CT molecular complexity index is 178. The van der Waals surface area contributed by atoms with Crippen molar-refractivity contribution in [2.45, 2.75) is 0 Å². The maximum absolute atomic E-state index is 10.2. The van der Waals surface area contributed by atoms with E-state index in [0.29, 0.717) is 12.5 Å². The molecule has 0 bridgehead atoms. The van der Waals surface area contributed by atoms with Crippen LogP contribution in [0.15, 0.2) is 38.2 Å². The average Bonchev–Trinajstić information content (AvgIpc) is 2.23. The highest BCUT2D eigenvalue weighted by Gasteiger charge is 1.87. The van der Waals surface area contributed by atoms with E-state index in [9.17, 15) is 4.79 Å². The third-order valence-electron chi connectivity index (χ3n) is 0.823. The van der Waals surface area contributed by atoms with Crippen LogP contribution >= 0.6 is 11.6 Å². The van der Waals surface area contributed by atoms with Crippen LogP contribution in [0, 0.1) is 0 Å². The first kappa shape index (κ1) is 15.3. The van der Waals surface area contributed by atoms with E-state index in [4.69, 9.17) is 11.6 Å². The summed E-state index contributed by atoms with van der Waals surface area (Å²) in [7, 11) is 0. The summed E-state index contributed by atoms with van der Waals surface area (Å²) in [5, 5.41) is 0. The van der Waals surface area contributed by atoms with Crippen LogP contribution in [0.25, 0.3) is 0 Å². The Morgan fingerprint density at radius 3 is 2.29 bits per heavy atom.